The fraction of sp³-hybridized carbons (Fsp3) is 0.368. The van der Waals surface area contributed by atoms with E-state index in [-0.39, 0.29) is 0 Å². The number of thioether (sulfide) groups is 1. The van der Waals surface area contributed by atoms with Crippen molar-refractivity contribution in [2.45, 2.75) is 38.6 Å². The second-order valence-electron chi connectivity index (χ2n) is 5.58. The maximum atomic E-state index is 3.61. The lowest BCUT2D eigenvalue weighted by molar-refractivity contribution is 0.605. The van der Waals surface area contributed by atoms with Crippen LogP contribution >= 0.6 is 11.8 Å². The Labute approximate surface area is 133 Å². The molecule has 2 aromatic rings. The highest BCUT2D eigenvalue weighted by Gasteiger charge is 2.11. The Morgan fingerprint density at radius 3 is 2.48 bits per heavy atom. The van der Waals surface area contributed by atoms with Crippen molar-refractivity contribution in [1.29, 1.82) is 0 Å². The van der Waals surface area contributed by atoms with E-state index in [2.05, 4.69) is 75.5 Å². The monoisotopic (exact) mass is 299 g/mol. The zero-order valence-corrected chi connectivity index (χ0v) is 14.3. The van der Waals surface area contributed by atoms with Gasteiger partial charge in [0.05, 0.1) is 0 Å². The zero-order chi connectivity index (χ0) is 15.2. The minimum atomic E-state index is 0.403. The molecule has 2 heteroatoms. The lowest BCUT2D eigenvalue weighted by Gasteiger charge is -2.19. The van der Waals surface area contributed by atoms with E-state index in [0.29, 0.717) is 6.04 Å². The molecule has 1 atom stereocenters. The van der Waals surface area contributed by atoms with E-state index < -0.39 is 0 Å². The van der Waals surface area contributed by atoms with Crippen LogP contribution in [0.15, 0.2) is 47.4 Å². The molecule has 0 radical (unpaired) electrons. The molecule has 0 aliphatic heterocycles. The topological polar surface area (TPSA) is 12.0 Å². The lowest BCUT2D eigenvalue weighted by Crippen LogP contribution is -2.23. The zero-order valence-electron chi connectivity index (χ0n) is 13.4. The van der Waals surface area contributed by atoms with Crippen molar-refractivity contribution >= 4 is 11.8 Å². The van der Waals surface area contributed by atoms with E-state index in [1.165, 1.54) is 27.1 Å². The standard InChI is InChI=1S/C19H25NS/c1-5-20-19(17-10-9-15(3)16(4)12-17)13-21-18-8-6-7-14(2)11-18/h6-12,19-20H,5,13H2,1-4H3. The molecule has 2 rings (SSSR count). The summed E-state index contributed by atoms with van der Waals surface area (Å²) in [6.07, 6.45) is 0. The highest BCUT2D eigenvalue weighted by atomic mass is 32.2. The molecule has 1 nitrogen and oxygen atoms in total. The van der Waals surface area contributed by atoms with Crippen LogP contribution in [0.5, 0.6) is 0 Å². The van der Waals surface area contributed by atoms with Crippen molar-refractivity contribution in [2.75, 3.05) is 12.3 Å². The Balaban J connectivity index is 2.09. The first-order valence-electron chi connectivity index (χ1n) is 7.60. The molecule has 0 saturated heterocycles. The van der Waals surface area contributed by atoms with Crippen LogP contribution in [0.4, 0.5) is 0 Å². The number of benzene rings is 2. The molecule has 1 unspecified atom stereocenters. The Hall–Kier alpha value is -1.25. The highest BCUT2D eigenvalue weighted by molar-refractivity contribution is 7.99. The first-order valence-corrected chi connectivity index (χ1v) is 8.58. The number of aryl methyl sites for hydroxylation is 3. The van der Waals surface area contributed by atoms with Gasteiger partial charge in [0, 0.05) is 16.7 Å². The van der Waals surface area contributed by atoms with Crippen LogP contribution in [0.1, 0.15) is 35.2 Å². The molecule has 0 spiro atoms. The van der Waals surface area contributed by atoms with Gasteiger partial charge in [0.15, 0.2) is 0 Å². The third kappa shape index (κ3) is 4.62. The molecule has 0 aromatic heterocycles. The minimum absolute atomic E-state index is 0.403. The van der Waals surface area contributed by atoms with Crippen LogP contribution in [0.2, 0.25) is 0 Å². The van der Waals surface area contributed by atoms with Crippen LogP contribution in [-0.2, 0) is 0 Å². The molecule has 21 heavy (non-hydrogen) atoms. The Bertz CT molecular complexity index is 592. The minimum Gasteiger partial charge on any atom is -0.309 e. The predicted molar refractivity (Wildman–Crippen MR) is 94.2 cm³/mol. The summed E-state index contributed by atoms with van der Waals surface area (Å²) in [4.78, 5) is 1.35. The van der Waals surface area contributed by atoms with Crippen LogP contribution in [0, 0.1) is 20.8 Å². The molecule has 0 saturated carbocycles. The SMILES string of the molecule is CCNC(CSc1cccc(C)c1)c1ccc(C)c(C)c1. The molecule has 112 valence electrons. The molecule has 0 heterocycles. The van der Waals surface area contributed by atoms with Gasteiger partial charge >= 0.3 is 0 Å². The molecule has 1 N–H and O–H groups in total. The van der Waals surface area contributed by atoms with Gasteiger partial charge in [0.25, 0.3) is 0 Å². The Kier molecular flexibility index (Phi) is 5.89. The summed E-state index contributed by atoms with van der Waals surface area (Å²) in [5.41, 5.74) is 5.45. The quantitative estimate of drug-likeness (QED) is 0.749. The van der Waals surface area contributed by atoms with E-state index in [9.17, 15) is 0 Å². The van der Waals surface area contributed by atoms with E-state index >= 15 is 0 Å². The summed E-state index contributed by atoms with van der Waals surface area (Å²) >= 11 is 1.93. The fourth-order valence-electron chi connectivity index (χ4n) is 2.39. The Morgan fingerprint density at radius 1 is 1.00 bits per heavy atom. The van der Waals surface area contributed by atoms with Gasteiger partial charge in [-0.2, -0.15) is 0 Å². The number of hydrogen-bond donors (Lipinski definition) is 1. The van der Waals surface area contributed by atoms with Gasteiger partial charge in [0.2, 0.25) is 0 Å². The normalized spacial score (nSPS) is 12.4. The predicted octanol–water partition coefficient (Wildman–Crippen LogP) is 5.05. The smallest absolute Gasteiger partial charge is 0.0415 e. The van der Waals surface area contributed by atoms with Crippen LogP contribution < -0.4 is 5.32 Å². The number of rotatable bonds is 6. The summed E-state index contributed by atoms with van der Waals surface area (Å²) in [6, 6.07) is 15.9. The maximum absolute atomic E-state index is 3.61. The van der Waals surface area contributed by atoms with Crippen molar-refractivity contribution in [3.8, 4) is 0 Å². The summed E-state index contributed by atoms with van der Waals surface area (Å²) in [6.45, 7) is 9.67. The number of hydrogen-bond acceptors (Lipinski definition) is 2. The van der Waals surface area contributed by atoms with Crippen molar-refractivity contribution in [3.63, 3.8) is 0 Å². The second kappa shape index (κ2) is 7.67. The third-order valence-corrected chi connectivity index (χ3v) is 4.88. The summed E-state index contributed by atoms with van der Waals surface area (Å²) in [5.74, 6) is 1.06. The molecule has 2 aromatic carbocycles. The first kappa shape index (κ1) is 16.1. The van der Waals surface area contributed by atoms with Crippen molar-refractivity contribution in [3.05, 3.63) is 64.7 Å². The molecule has 0 fully saturated rings. The molecular weight excluding hydrogens is 274 g/mol. The van der Waals surface area contributed by atoms with Gasteiger partial charge in [0.1, 0.15) is 0 Å². The van der Waals surface area contributed by atoms with Crippen LogP contribution in [0.3, 0.4) is 0 Å². The summed E-state index contributed by atoms with van der Waals surface area (Å²) in [5, 5.41) is 3.61. The van der Waals surface area contributed by atoms with Crippen molar-refractivity contribution < 1.29 is 0 Å². The van der Waals surface area contributed by atoms with Gasteiger partial charge in [-0.15, -0.1) is 11.8 Å². The maximum Gasteiger partial charge on any atom is 0.0415 e. The molecule has 0 aliphatic rings. The van der Waals surface area contributed by atoms with Gasteiger partial charge in [-0.3, -0.25) is 0 Å². The van der Waals surface area contributed by atoms with E-state index in [1.54, 1.807) is 0 Å². The summed E-state index contributed by atoms with van der Waals surface area (Å²) in [7, 11) is 0. The molecule has 0 aliphatic carbocycles. The van der Waals surface area contributed by atoms with Crippen molar-refractivity contribution in [1.82, 2.24) is 5.32 Å². The van der Waals surface area contributed by atoms with E-state index in [4.69, 9.17) is 0 Å². The summed E-state index contributed by atoms with van der Waals surface area (Å²) < 4.78 is 0. The second-order valence-corrected chi connectivity index (χ2v) is 6.67. The molecule has 0 amide bonds. The van der Waals surface area contributed by atoms with Gasteiger partial charge < -0.3 is 5.32 Å². The van der Waals surface area contributed by atoms with Crippen LogP contribution in [0.25, 0.3) is 0 Å². The average Bonchev–Trinajstić information content (AvgIpc) is 2.46. The average molecular weight is 299 g/mol. The van der Waals surface area contributed by atoms with Crippen LogP contribution in [-0.4, -0.2) is 12.3 Å². The third-order valence-electron chi connectivity index (χ3n) is 3.79. The number of nitrogens with one attached hydrogen (secondary N) is 1. The lowest BCUT2D eigenvalue weighted by atomic mass is 10.0. The molecule has 0 bridgehead atoms. The van der Waals surface area contributed by atoms with Gasteiger partial charge in [-0.25, -0.2) is 0 Å². The molecular formula is C19H25NS. The van der Waals surface area contributed by atoms with Gasteiger partial charge in [-0.1, -0.05) is 42.8 Å². The van der Waals surface area contributed by atoms with E-state index in [1.807, 2.05) is 11.8 Å². The largest absolute Gasteiger partial charge is 0.309 e. The highest BCUT2D eigenvalue weighted by Crippen LogP contribution is 2.26. The van der Waals surface area contributed by atoms with Gasteiger partial charge in [-0.05, 0) is 56.1 Å². The van der Waals surface area contributed by atoms with E-state index in [0.717, 1.165) is 12.3 Å². The fourth-order valence-corrected chi connectivity index (χ4v) is 3.50. The Morgan fingerprint density at radius 2 is 1.81 bits per heavy atom. The van der Waals surface area contributed by atoms with Crippen molar-refractivity contribution in [2.24, 2.45) is 0 Å². The first-order chi connectivity index (χ1) is 10.1.